The molecule has 0 aliphatic carbocycles. The molecule has 0 N–H and O–H groups in total. The third-order valence-electron chi connectivity index (χ3n) is 4.58. The molecule has 0 heteroatoms. The molecule has 0 saturated heterocycles. The van der Waals surface area contributed by atoms with Crippen LogP contribution in [0.15, 0.2) is 36.9 Å². The maximum Gasteiger partial charge on any atom is -0.0156 e. The van der Waals surface area contributed by atoms with E-state index in [2.05, 4.69) is 65.5 Å². The van der Waals surface area contributed by atoms with Crippen molar-refractivity contribution in [3.63, 3.8) is 0 Å². The van der Waals surface area contributed by atoms with Gasteiger partial charge in [-0.2, -0.15) is 0 Å². The first kappa shape index (κ1) is 21.7. The lowest BCUT2D eigenvalue weighted by atomic mass is 9.78. The zero-order valence-electron chi connectivity index (χ0n) is 16.6. The van der Waals surface area contributed by atoms with Gasteiger partial charge in [0, 0.05) is 0 Å². The van der Waals surface area contributed by atoms with Crippen molar-refractivity contribution in [2.24, 2.45) is 5.92 Å². The van der Waals surface area contributed by atoms with Gasteiger partial charge >= 0.3 is 0 Å². The summed E-state index contributed by atoms with van der Waals surface area (Å²) in [5.74, 6) is 1.41. The summed E-state index contributed by atoms with van der Waals surface area (Å²) in [4.78, 5) is 0. The van der Waals surface area contributed by atoms with Gasteiger partial charge in [-0.15, -0.1) is 0 Å². The van der Waals surface area contributed by atoms with Gasteiger partial charge in [0.05, 0.1) is 0 Å². The summed E-state index contributed by atoms with van der Waals surface area (Å²) in [5, 5.41) is 0. The normalized spacial score (nSPS) is 12.6. The van der Waals surface area contributed by atoms with Crippen LogP contribution in [0.2, 0.25) is 0 Å². The van der Waals surface area contributed by atoms with Gasteiger partial charge < -0.3 is 0 Å². The van der Waals surface area contributed by atoms with E-state index in [0.717, 1.165) is 5.92 Å². The Labute approximate surface area is 145 Å². The second-order valence-corrected chi connectivity index (χ2v) is 6.25. The summed E-state index contributed by atoms with van der Waals surface area (Å²) >= 11 is 0. The highest BCUT2D eigenvalue weighted by Gasteiger charge is 2.21. The molecule has 0 amide bonds. The van der Waals surface area contributed by atoms with Crippen LogP contribution in [0, 0.1) is 12.8 Å². The molecule has 0 heterocycles. The number of allylic oxidation sites excluding steroid dienone is 3. The van der Waals surface area contributed by atoms with Crippen molar-refractivity contribution >= 4 is 5.57 Å². The van der Waals surface area contributed by atoms with Crippen LogP contribution in [-0.2, 0) is 0 Å². The van der Waals surface area contributed by atoms with Crippen molar-refractivity contribution < 1.29 is 0 Å². The Balaban J connectivity index is 0.00000232. The average Bonchev–Trinajstić information content (AvgIpc) is 2.55. The fraction of sp³-hybridized carbons (Fsp3) is 0.565. The molecular formula is C23H38. The minimum absolute atomic E-state index is 0.618. The molecule has 0 saturated carbocycles. The quantitative estimate of drug-likeness (QED) is 0.427. The van der Waals surface area contributed by atoms with Gasteiger partial charge in [0.25, 0.3) is 0 Å². The lowest BCUT2D eigenvalue weighted by Crippen LogP contribution is -2.12. The molecule has 0 radical (unpaired) electrons. The van der Waals surface area contributed by atoms with Gasteiger partial charge in [0.2, 0.25) is 0 Å². The first-order chi connectivity index (χ1) is 11.1. The SMILES string of the molecule is C=C/C=C(\C)c1c(C)cccc1C(C)C(CCC)CCC.CC. The van der Waals surface area contributed by atoms with E-state index in [4.69, 9.17) is 0 Å². The Morgan fingerprint density at radius 1 is 1.13 bits per heavy atom. The zero-order valence-corrected chi connectivity index (χ0v) is 16.6. The number of hydrogen-bond acceptors (Lipinski definition) is 0. The van der Waals surface area contributed by atoms with Crippen LogP contribution in [0.1, 0.15) is 89.8 Å². The van der Waals surface area contributed by atoms with Crippen molar-refractivity contribution in [2.45, 2.75) is 80.1 Å². The molecule has 1 atom stereocenters. The zero-order chi connectivity index (χ0) is 17.8. The summed E-state index contributed by atoms with van der Waals surface area (Å²) < 4.78 is 0. The Bertz CT molecular complexity index is 473. The maximum atomic E-state index is 3.85. The fourth-order valence-corrected chi connectivity index (χ4v) is 3.51. The molecule has 1 aromatic carbocycles. The first-order valence-electron chi connectivity index (χ1n) is 9.45. The number of rotatable bonds is 8. The largest absolute Gasteiger partial charge is 0.0991 e. The van der Waals surface area contributed by atoms with Crippen LogP contribution in [0.4, 0.5) is 0 Å². The average molecular weight is 315 g/mol. The summed E-state index contributed by atoms with van der Waals surface area (Å²) in [5.41, 5.74) is 5.65. The number of aryl methyl sites for hydroxylation is 1. The lowest BCUT2D eigenvalue weighted by molar-refractivity contribution is 0.379. The van der Waals surface area contributed by atoms with Crippen molar-refractivity contribution in [1.29, 1.82) is 0 Å². The van der Waals surface area contributed by atoms with E-state index in [1.807, 2.05) is 19.9 Å². The predicted molar refractivity (Wildman–Crippen MR) is 108 cm³/mol. The highest BCUT2D eigenvalue weighted by molar-refractivity contribution is 5.71. The molecule has 23 heavy (non-hydrogen) atoms. The first-order valence-corrected chi connectivity index (χ1v) is 9.45. The molecule has 0 aliphatic heterocycles. The minimum atomic E-state index is 0.618. The molecule has 1 aromatic rings. The van der Waals surface area contributed by atoms with E-state index in [0.29, 0.717) is 5.92 Å². The molecule has 1 rings (SSSR count). The highest BCUT2D eigenvalue weighted by Crippen LogP contribution is 2.36. The second kappa shape index (κ2) is 12.2. The van der Waals surface area contributed by atoms with Crippen LogP contribution >= 0.6 is 0 Å². The summed E-state index contributed by atoms with van der Waals surface area (Å²) in [6, 6.07) is 6.76. The minimum Gasteiger partial charge on any atom is -0.0991 e. The standard InChI is InChI=1S/C21H32.C2H6/c1-7-11-16(4)21-17(5)14-10-15-20(21)18(6)19(12-8-2)13-9-3;1-2/h7,10-11,14-15,18-19H,1,8-9,12-13H2,2-6H3;1-2H3/b16-11+;. The monoisotopic (exact) mass is 314 g/mol. The summed E-state index contributed by atoms with van der Waals surface area (Å²) in [7, 11) is 0. The van der Waals surface area contributed by atoms with Crippen LogP contribution in [0.5, 0.6) is 0 Å². The predicted octanol–water partition coefficient (Wildman–Crippen LogP) is 7.93. The molecule has 1 unspecified atom stereocenters. The molecule has 0 aliphatic rings. The molecule has 0 aromatic heterocycles. The van der Waals surface area contributed by atoms with Crippen LogP contribution in [0.25, 0.3) is 5.57 Å². The molecule has 0 fully saturated rings. The van der Waals surface area contributed by atoms with E-state index >= 15 is 0 Å². The Hall–Kier alpha value is -1.30. The highest BCUT2D eigenvalue weighted by atomic mass is 14.3. The summed E-state index contributed by atoms with van der Waals surface area (Å²) in [6.45, 7) is 19.3. The van der Waals surface area contributed by atoms with Gasteiger partial charge in [0.1, 0.15) is 0 Å². The van der Waals surface area contributed by atoms with Crippen molar-refractivity contribution in [3.05, 3.63) is 53.6 Å². The van der Waals surface area contributed by atoms with Gasteiger partial charge in [-0.3, -0.25) is 0 Å². The Morgan fingerprint density at radius 2 is 1.70 bits per heavy atom. The Morgan fingerprint density at radius 3 is 2.17 bits per heavy atom. The van der Waals surface area contributed by atoms with Crippen molar-refractivity contribution in [3.8, 4) is 0 Å². The maximum absolute atomic E-state index is 3.85. The molecular weight excluding hydrogens is 276 g/mol. The number of hydrogen-bond donors (Lipinski definition) is 0. The molecule has 130 valence electrons. The third-order valence-corrected chi connectivity index (χ3v) is 4.58. The van der Waals surface area contributed by atoms with Crippen LogP contribution in [0.3, 0.4) is 0 Å². The summed E-state index contributed by atoms with van der Waals surface area (Å²) in [6.07, 6.45) is 9.23. The van der Waals surface area contributed by atoms with Gasteiger partial charge in [-0.05, 0) is 47.9 Å². The van der Waals surface area contributed by atoms with Gasteiger partial charge in [0.15, 0.2) is 0 Å². The topological polar surface area (TPSA) is 0 Å². The van der Waals surface area contributed by atoms with Crippen molar-refractivity contribution in [2.75, 3.05) is 0 Å². The van der Waals surface area contributed by atoms with Crippen LogP contribution < -0.4 is 0 Å². The van der Waals surface area contributed by atoms with Crippen LogP contribution in [-0.4, -0.2) is 0 Å². The van der Waals surface area contributed by atoms with E-state index in [9.17, 15) is 0 Å². The second-order valence-electron chi connectivity index (χ2n) is 6.25. The van der Waals surface area contributed by atoms with Gasteiger partial charge in [-0.25, -0.2) is 0 Å². The van der Waals surface area contributed by atoms with Crippen molar-refractivity contribution in [1.82, 2.24) is 0 Å². The van der Waals surface area contributed by atoms with E-state index in [-0.39, 0.29) is 0 Å². The van der Waals surface area contributed by atoms with E-state index in [1.54, 1.807) is 0 Å². The smallest absolute Gasteiger partial charge is 0.0156 e. The van der Waals surface area contributed by atoms with E-state index < -0.39 is 0 Å². The number of benzene rings is 1. The molecule has 0 nitrogen and oxygen atoms in total. The van der Waals surface area contributed by atoms with E-state index in [1.165, 1.54) is 47.9 Å². The molecule has 0 spiro atoms. The fourth-order valence-electron chi connectivity index (χ4n) is 3.51. The molecule has 0 bridgehead atoms. The third kappa shape index (κ3) is 6.37. The Kier molecular flexibility index (Phi) is 11.5. The lowest BCUT2D eigenvalue weighted by Gasteiger charge is -2.27. The van der Waals surface area contributed by atoms with Gasteiger partial charge in [-0.1, -0.05) is 97.2 Å².